The van der Waals surface area contributed by atoms with Gasteiger partial charge in [-0.1, -0.05) is 0 Å². The van der Waals surface area contributed by atoms with Crippen LogP contribution in [-0.4, -0.2) is 32.7 Å². The summed E-state index contributed by atoms with van der Waals surface area (Å²) in [6, 6.07) is 5.72. The molecule has 1 aromatic carbocycles. The van der Waals surface area contributed by atoms with Crippen molar-refractivity contribution in [1.82, 2.24) is 5.32 Å². The first kappa shape index (κ1) is 15.6. The lowest BCUT2D eigenvalue weighted by molar-refractivity contribution is -0.115. The summed E-state index contributed by atoms with van der Waals surface area (Å²) >= 11 is 0. The van der Waals surface area contributed by atoms with Gasteiger partial charge in [-0.15, -0.1) is 0 Å². The Labute approximate surface area is 113 Å². The number of methoxy groups -OCH3 is 1. The fourth-order valence-electron chi connectivity index (χ4n) is 1.61. The van der Waals surface area contributed by atoms with Gasteiger partial charge in [0.1, 0.15) is 5.82 Å². The first-order valence-electron chi connectivity index (χ1n) is 6.47. The number of halogens is 1. The van der Waals surface area contributed by atoms with E-state index < -0.39 is 0 Å². The molecule has 0 saturated carbocycles. The van der Waals surface area contributed by atoms with Crippen molar-refractivity contribution in [3.05, 3.63) is 30.1 Å². The van der Waals surface area contributed by atoms with Gasteiger partial charge in [-0.3, -0.25) is 4.79 Å². The molecule has 0 unspecified atom stereocenters. The Kier molecular flexibility index (Phi) is 7.77. The van der Waals surface area contributed by atoms with Crippen LogP contribution in [0, 0.1) is 5.82 Å². The molecule has 19 heavy (non-hydrogen) atoms. The zero-order valence-electron chi connectivity index (χ0n) is 11.2. The van der Waals surface area contributed by atoms with E-state index in [-0.39, 0.29) is 18.3 Å². The van der Waals surface area contributed by atoms with Gasteiger partial charge in [0.15, 0.2) is 0 Å². The Morgan fingerprint density at radius 1 is 1.21 bits per heavy atom. The van der Waals surface area contributed by atoms with Gasteiger partial charge in [-0.25, -0.2) is 4.39 Å². The van der Waals surface area contributed by atoms with Crippen molar-refractivity contribution in [3.63, 3.8) is 0 Å². The van der Waals surface area contributed by atoms with Crippen LogP contribution < -0.4 is 10.6 Å². The molecule has 0 aliphatic carbocycles. The van der Waals surface area contributed by atoms with E-state index in [1.165, 1.54) is 24.3 Å². The topological polar surface area (TPSA) is 50.4 Å². The van der Waals surface area contributed by atoms with E-state index in [1.54, 1.807) is 7.11 Å². The van der Waals surface area contributed by atoms with E-state index >= 15 is 0 Å². The number of amides is 1. The third-order valence-corrected chi connectivity index (χ3v) is 2.62. The molecule has 0 saturated heterocycles. The number of benzene rings is 1. The monoisotopic (exact) mass is 268 g/mol. The summed E-state index contributed by atoms with van der Waals surface area (Å²) in [6.07, 6.45) is 3.15. The quantitative estimate of drug-likeness (QED) is 0.675. The van der Waals surface area contributed by atoms with Gasteiger partial charge < -0.3 is 15.4 Å². The average molecular weight is 268 g/mol. The van der Waals surface area contributed by atoms with Crippen LogP contribution in [0.1, 0.15) is 19.3 Å². The fraction of sp³-hybridized carbons (Fsp3) is 0.500. The molecule has 0 spiro atoms. The second-order valence-corrected chi connectivity index (χ2v) is 4.29. The smallest absolute Gasteiger partial charge is 0.238 e. The Morgan fingerprint density at radius 3 is 2.63 bits per heavy atom. The minimum Gasteiger partial charge on any atom is -0.385 e. The fourth-order valence-corrected chi connectivity index (χ4v) is 1.61. The van der Waals surface area contributed by atoms with Crippen LogP contribution in [0.15, 0.2) is 24.3 Å². The Balaban J connectivity index is 2.06. The van der Waals surface area contributed by atoms with Gasteiger partial charge in [-0.05, 0) is 50.1 Å². The molecular weight excluding hydrogens is 247 g/mol. The van der Waals surface area contributed by atoms with Crippen molar-refractivity contribution in [3.8, 4) is 0 Å². The number of ether oxygens (including phenoxy) is 1. The SMILES string of the molecule is COCCCCCNCC(=O)Nc1ccc(F)cc1. The summed E-state index contributed by atoms with van der Waals surface area (Å²) in [6.45, 7) is 1.85. The molecular formula is C14H21FN2O2. The van der Waals surface area contributed by atoms with Crippen LogP contribution in [0.2, 0.25) is 0 Å². The summed E-state index contributed by atoms with van der Waals surface area (Å²) in [5, 5.41) is 5.76. The number of hydrogen-bond acceptors (Lipinski definition) is 3. The number of anilines is 1. The maximum Gasteiger partial charge on any atom is 0.238 e. The summed E-state index contributed by atoms with van der Waals surface area (Å²) in [7, 11) is 1.69. The van der Waals surface area contributed by atoms with Crippen molar-refractivity contribution in [1.29, 1.82) is 0 Å². The second kappa shape index (κ2) is 9.47. The number of hydrogen-bond donors (Lipinski definition) is 2. The van der Waals surface area contributed by atoms with E-state index in [0.717, 1.165) is 32.4 Å². The summed E-state index contributed by atoms with van der Waals surface area (Å²) < 4.78 is 17.6. The molecule has 0 aliphatic rings. The molecule has 4 nitrogen and oxygen atoms in total. The predicted octanol–water partition coefficient (Wildman–Crippen LogP) is 2.17. The van der Waals surface area contributed by atoms with Crippen molar-refractivity contribution >= 4 is 11.6 Å². The molecule has 5 heteroatoms. The molecule has 0 fully saturated rings. The molecule has 106 valence electrons. The van der Waals surface area contributed by atoms with Crippen LogP contribution in [0.25, 0.3) is 0 Å². The van der Waals surface area contributed by atoms with Crippen LogP contribution in [-0.2, 0) is 9.53 Å². The van der Waals surface area contributed by atoms with Gasteiger partial charge in [0.25, 0.3) is 0 Å². The van der Waals surface area contributed by atoms with E-state index in [0.29, 0.717) is 5.69 Å². The largest absolute Gasteiger partial charge is 0.385 e. The predicted molar refractivity (Wildman–Crippen MR) is 73.6 cm³/mol. The maximum atomic E-state index is 12.7. The highest BCUT2D eigenvalue weighted by Crippen LogP contribution is 2.07. The number of unbranched alkanes of at least 4 members (excludes halogenated alkanes) is 2. The third-order valence-electron chi connectivity index (χ3n) is 2.62. The molecule has 0 atom stereocenters. The van der Waals surface area contributed by atoms with Gasteiger partial charge >= 0.3 is 0 Å². The standard InChI is InChI=1S/C14H21FN2O2/c1-19-10-4-2-3-9-16-11-14(18)17-13-7-5-12(15)6-8-13/h5-8,16H,2-4,9-11H2,1H3,(H,17,18). The molecule has 0 aliphatic heterocycles. The highest BCUT2D eigenvalue weighted by atomic mass is 19.1. The number of carbonyl (C=O) groups is 1. The zero-order valence-corrected chi connectivity index (χ0v) is 11.2. The lowest BCUT2D eigenvalue weighted by Crippen LogP contribution is -2.28. The lowest BCUT2D eigenvalue weighted by atomic mass is 10.2. The van der Waals surface area contributed by atoms with Gasteiger partial charge in [0.2, 0.25) is 5.91 Å². The normalized spacial score (nSPS) is 10.4. The van der Waals surface area contributed by atoms with Crippen molar-refractivity contribution in [2.24, 2.45) is 0 Å². The van der Waals surface area contributed by atoms with Gasteiger partial charge in [-0.2, -0.15) is 0 Å². The van der Waals surface area contributed by atoms with E-state index in [2.05, 4.69) is 10.6 Å². The van der Waals surface area contributed by atoms with Crippen LogP contribution in [0.4, 0.5) is 10.1 Å². The van der Waals surface area contributed by atoms with Gasteiger partial charge in [0, 0.05) is 19.4 Å². The Bertz CT molecular complexity index is 368. The Morgan fingerprint density at radius 2 is 1.95 bits per heavy atom. The highest BCUT2D eigenvalue weighted by Gasteiger charge is 2.01. The average Bonchev–Trinajstić information content (AvgIpc) is 2.40. The first-order chi connectivity index (χ1) is 9.22. The molecule has 0 heterocycles. The first-order valence-corrected chi connectivity index (χ1v) is 6.47. The maximum absolute atomic E-state index is 12.7. The van der Waals surface area contributed by atoms with Crippen LogP contribution >= 0.6 is 0 Å². The highest BCUT2D eigenvalue weighted by molar-refractivity contribution is 5.92. The second-order valence-electron chi connectivity index (χ2n) is 4.29. The van der Waals surface area contributed by atoms with Gasteiger partial charge in [0.05, 0.1) is 6.54 Å². The van der Waals surface area contributed by atoms with Crippen molar-refractivity contribution in [2.75, 3.05) is 32.1 Å². The number of carbonyl (C=O) groups excluding carboxylic acids is 1. The number of rotatable bonds is 9. The molecule has 1 rings (SSSR count). The Hall–Kier alpha value is -1.46. The van der Waals surface area contributed by atoms with Crippen LogP contribution in [0.5, 0.6) is 0 Å². The van der Waals surface area contributed by atoms with Crippen molar-refractivity contribution < 1.29 is 13.9 Å². The number of nitrogens with one attached hydrogen (secondary N) is 2. The molecule has 1 amide bonds. The molecule has 0 radical (unpaired) electrons. The van der Waals surface area contributed by atoms with E-state index in [1.807, 2.05) is 0 Å². The van der Waals surface area contributed by atoms with Crippen LogP contribution in [0.3, 0.4) is 0 Å². The summed E-state index contributed by atoms with van der Waals surface area (Å²) in [5.41, 5.74) is 0.605. The minimum atomic E-state index is -0.313. The molecule has 0 aromatic heterocycles. The minimum absolute atomic E-state index is 0.122. The molecule has 1 aromatic rings. The lowest BCUT2D eigenvalue weighted by Gasteiger charge is -2.06. The third kappa shape index (κ3) is 7.54. The zero-order chi connectivity index (χ0) is 13.9. The summed E-state index contributed by atoms with van der Waals surface area (Å²) in [4.78, 5) is 11.5. The molecule has 2 N–H and O–H groups in total. The van der Waals surface area contributed by atoms with E-state index in [4.69, 9.17) is 4.74 Å². The molecule has 0 bridgehead atoms. The van der Waals surface area contributed by atoms with Crippen molar-refractivity contribution in [2.45, 2.75) is 19.3 Å². The summed E-state index contributed by atoms with van der Waals surface area (Å²) in [5.74, 6) is -0.435. The van der Waals surface area contributed by atoms with E-state index in [9.17, 15) is 9.18 Å².